The highest BCUT2D eigenvalue weighted by molar-refractivity contribution is 6.35. The van der Waals surface area contributed by atoms with Crippen LogP contribution in [-0.2, 0) is 0 Å². The predicted molar refractivity (Wildman–Crippen MR) is 50.6 cm³/mol. The molecule has 1 N–H and O–H groups in total. The van der Waals surface area contributed by atoms with Gasteiger partial charge in [-0.25, -0.2) is 0 Å². The maximum atomic E-state index is 9.23. The second-order valence-electron chi connectivity index (χ2n) is 2.65. The normalized spacial score (nSPS) is 10.4. The van der Waals surface area contributed by atoms with Crippen LogP contribution >= 0.6 is 11.6 Å². The standard InChI is InChI=1S/C10H7ClO/c11-10-6-8(12)5-7-3-1-2-4-9(7)10/h1-6,12H. The van der Waals surface area contributed by atoms with Crippen molar-refractivity contribution in [1.29, 1.82) is 0 Å². The molecule has 2 heteroatoms. The maximum absolute atomic E-state index is 9.23. The van der Waals surface area contributed by atoms with E-state index in [0.29, 0.717) is 5.02 Å². The molecule has 0 atom stereocenters. The summed E-state index contributed by atoms with van der Waals surface area (Å²) in [6, 6.07) is 10.9. The molecule has 0 amide bonds. The number of halogens is 1. The van der Waals surface area contributed by atoms with Crippen molar-refractivity contribution in [3.05, 3.63) is 41.4 Å². The molecule has 60 valence electrons. The van der Waals surface area contributed by atoms with Gasteiger partial charge in [0, 0.05) is 5.39 Å². The van der Waals surface area contributed by atoms with Crippen molar-refractivity contribution >= 4 is 22.4 Å². The molecule has 0 heterocycles. The predicted octanol–water partition coefficient (Wildman–Crippen LogP) is 3.20. The monoisotopic (exact) mass is 178 g/mol. The molecule has 0 spiro atoms. The van der Waals surface area contributed by atoms with E-state index < -0.39 is 0 Å². The Labute approximate surface area is 75.2 Å². The summed E-state index contributed by atoms with van der Waals surface area (Å²) < 4.78 is 0. The van der Waals surface area contributed by atoms with Crippen molar-refractivity contribution in [2.75, 3.05) is 0 Å². The first-order chi connectivity index (χ1) is 5.77. The number of hydrogen-bond acceptors (Lipinski definition) is 1. The van der Waals surface area contributed by atoms with Crippen molar-refractivity contribution in [2.24, 2.45) is 0 Å². The molecule has 12 heavy (non-hydrogen) atoms. The molecular formula is C10H7ClO. The number of rotatable bonds is 0. The summed E-state index contributed by atoms with van der Waals surface area (Å²) in [4.78, 5) is 0. The Hall–Kier alpha value is -1.21. The van der Waals surface area contributed by atoms with Crippen LogP contribution in [0.4, 0.5) is 0 Å². The van der Waals surface area contributed by atoms with Gasteiger partial charge < -0.3 is 5.11 Å². The van der Waals surface area contributed by atoms with Gasteiger partial charge in [0.1, 0.15) is 5.75 Å². The first-order valence-electron chi connectivity index (χ1n) is 3.64. The van der Waals surface area contributed by atoms with Gasteiger partial charge in [0.2, 0.25) is 0 Å². The fourth-order valence-corrected chi connectivity index (χ4v) is 1.53. The molecule has 2 aromatic carbocycles. The second-order valence-corrected chi connectivity index (χ2v) is 3.06. The molecule has 0 bridgehead atoms. The van der Waals surface area contributed by atoms with Crippen LogP contribution in [0.3, 0.4) is 0 Å². The molecule has 0 aliphatic rings. The van der Waals surface area contributed by atoms with E-state index >= 15 is 0 Å². The summed E-state index contributed by atoms with van der Waals surface area (Å²) in [6.45, 7) is 0. The van der Waals surface area contributed by atoms with Crippen LogP contribution in [-0.4, -0.2) is 5.11 Å². The van der Waals surface area contributed by atoms with E-state index in [1.807, 2.05) is 24.3 Å². The number of aromatic hydroxyl groups is 1. The van der Waals surface area contributed by atoms with Gasteiger partial charge in [-0.05, 0) is 17.5 Å². The Balaban J connectivity index is 2.89. The Morgan fingerprint density at radius 3 is 2.67 bits per heavy atom. The Bertz CT molecular complexity index is 423. The smallest absolute Gasteiger partial charge is 0.117 e. The van der Waals surface area contributed by atoms with Crippen molar-refractivity contribution < 1.29 is 5.11 Å². The van der Waals surface area contributed by atoms with E-state index in [1.165, 1.54) is 0 Å². The minimum Gasteiger partial charge on any atom is -0.508 e. The van der Waals surface area contributed by atoms with Crippen LogP contribution in [0.5, 0.6) is 5.75 Å². The highest BCUT2D eigenvalue weighted by Crippen LogP contribution is 2.27. The van der Waals surface area contributed by atoms with Crippen LogP contribution in [0, 0.1) is 0 Å². The number of phenols is 1. The average Bonchev–Trinajstić information content (AvgIpc) is 2.04. The van der Waals surface area contributed by atoms with Crippen molar-refractivity contribution in [3.8, 4) is 5.75 Å². The van der Waals surface area contributed by atoms with Gasteiger partial charge in [-0.3, -0.25) is 0 Å². The summed E-state index contributed by atoms with van der Waals surface area (Å²) >= 11 is 5.90. The van der Waals surface area contributed by atoms with E-state index in [1.54, 1.807) is 12.1 Å². The van der Waals surface area contributed by atoms with Gasteiger partial charge in [-0.2, -0.15) is 0 Å². The molecule has 0 saturated heterocycles. The lowest BCUT2D eigenvalue weighted by atomic mass is 10.1. The molecule has 0 aromatic heterocycles. The SMILES string of the molecule is Oc1cc(Cl)c2ccccc2c1. The number of hydrogen-bond donors (Lipinski definition) is 1. The third-order valence-electron chi connectivity index (χ3n) is 1.80. The second kappa shape index (κ2) is 2.68. The lowest BCUT2D eigenvalue weighted by Gasteiger charge is -2.00. The third kappa shape index (κ3) is 1.12. The van der Waals surface area contributed by atoms with Crippen LogP contribution in [0.1, 0.15) is 0 Å². The Kier molecular flexibility index (Phi) is 1.66. The lowest BCUT2D eigenvalue weighted by Crippen LogP contribution is -1.73. The fraction of sp³-hybridized carbons (Fsp3) is 0. The van der Waals surface area contributed by atoms with E-state index in [0.717, 1.165) is 10.8 Å². The van der Waals surface area contributed by atoms with Gasteiger partial charge in [-0.15, -0.1) is 0 Å². The van der Waals surface area contributed by atoms with Crippen molar-refractivity contribution in [1.82, 2.24) is 0 Å². The first kappa shape index (κ1) is 7.44. The highest BCUT2D eigenvalue weighted by Gasteiger charge is 1.99. The lowest BCUT2D eigenvalue weighted by molar-refractivity contribution is 0.476. The fourth-order valence-electron chi connectivity index (χ4n) is 1.25. The molecule has 0 aliphatic carbocycles. The molecular weight excluding hydrogens is 172 g/mol. The van der Waals surface area contributed by atoms with E-state index in [-0.39, 0.29) is 5.75 Å². The number of benzene rings is 2. The Morgan fingerprint density at radius 2 is 1.83 bits per heavy atom. The molecule has 0 unspecified atom stereocenters. The van der Waals surface area contributed by atoms with Crippen LogP contribution in [0.15, 0.2) is 36.4 Å². The van der Waals surface area contributed by atoms with Gasteiger partial charge in [0.25, 0.3) is 0 Å². The minimum atomic E-state index is 0.207. The molecule has 2 rings (SSSR count). The molecule has 1 nitrogen and oxygen atoms in total. The summed E-state index contributed by atoms with van der Waals surface area (Å²) in [6.07, 6.45) is 0. The van der Waals surface area contributed by atoms with E-state index in [9.17, 15) is 5.11 Å². The summed E-state index contributed by atoms with van der Waals surface area (Å²) in [7, 11) is 0. The first-order valence-corrected chi connectivity index (χ1v) is 4.02. The van der Waals surface area contributed by atoms with Crippen LogP contribution < -0.4 is 0 Å². The minimum absolute atomic E-state index is 0.207. The maximum Gasteiger partial charge on any atom is 0.117 e. The van der Waals surface area contributed by atoms with Crippen LogP contribution in [0.25, 0.3) is 10.8 Å². The van der Waals surface area contributed by atoms with Crippen molar-refractivity contribution in [2.45, 2.75) is 0 Å². The van der Waals surface area contributed by atoms with Crippen LogP contribution in [0.2, 0.25) is 5.02 Å². The molecule has 0 radical (unpaired) electrons. The summed E-state index contributed by atoms with van der Waals surface area (Å²) in [5.41, 5.74) is 0. The van der Waals surface area contributed by atoms with Gasteiger partial charge >= 0.3 is 0 Å². The van der Waals surface area contributed by atoms with E-state index in [4.69, 9.17) is 11.6 Å². The van der Waals surface area contributed by atoms with Gasteiger partial charge in [0.15, 0.2) is 0 Å². The van der Waals surface area contributed by atoms with Gasteiger partial charge in [0.05, 0.1) is 5.02 Å². The number of phenolic OH excluding ortho intramolecular Hbond substituents is 1. The highest BCUT2D eigenvalue weighted by atomic mass is 35.5. The van der Waals surface area contributed by atoms with Crippen molar-refractivity contribution in [3.63, 3.8) is 0 Å². The number of fused-ring (bicyclic) bond motifs is 1. The average molecular weight is 179 g/mol. The quantitative estimate of drug-likeness (QED) is 0.657. The molecule has 0 aliphatic heterocycles. The molecule has 2 aromatic rings. The largest absolute Gasteiger partial charge is 0.508 e. The van der Waals surface area contributed by atoms with Gasteiger partial charge in [-0.1, -0.05) is 35.9 Å². The zero-order chi connectivity index (χ0) is 8.55. The molecule has 0 saturated carbocycles. The zero-order valence-electron chi connectivity index (χ0n) is 6.29. The van der Waals surface area contributed by atoms with E-state index in [2.05, 4.69) is 0 Å². The molecule has 0 fully saturated rings. The summed E-state index contributed by atoms with van der Waals surface area (Å²) in [5, 5.41) is 11.7. The Morgan fingerprint density at radius 1 is 1.08 bits per heavy atom. The summed E-state index contributed by atoms with van der Waals surface area (Å²) in [5.74, 6) is 0.207. The zero-order valence-corrected chi connectivity index (χ0v) is 7.05. The topological polar surface area (TPSA) is 20.2 Å². The third-order valence-corrected chi connectivity index (χ3v) is 2.11.